The molecule has 0 bridgehead atoms. The van der Waals surface area contributed by atoms with Crippen molar-refractivity contribution in [3.05, 3.63) is 77.1 Å². The van der Waals surface area contributed by atoms with E-state index in [1.165, 1.54) is 5.56 Å². The highest BCUT2D eigenvalue weighted by Crippen LogP contribution is 2.49. The van der Waals surface area contributed by atoms with Crippen molar-refractivity contribution in [1.82, 2.24) is 30.0 Å². The Labute approximate surface area is 188 Å². The lowest BCUT2D eigenvalue weighted by atomic mass is 9.71. The van der Waals surface area contributed by atoms with Gasteiger partial charge in [0.25, 0.3) is 5.91 Å². The van der Waals surface area contributed by atoms with Gasteiger partial charge in [-0.25, -0.2) is 4.98 Å². The van der Waals surface area contributed by atoms with Gasteiger partial charge >= 0.3 is 0 Å². The number of hydrogen-bond donors (Lipinski definition) is 1. The summed E-state index contributed by atoms with van der Waals surface area (Å²) in [5.41, 5.74) is 2.77. The molecule has 2 saturated heterocycles. The molecular formula is C25H30N6O. The monoisotopic (exact) mass is 430 g/mol. The third-order valence-electron chi connectivity index (χ3n) is 6.84. The first-order valence-corrected chi connectivity index (χ1v) is 11.3. The van der Waals surface area contributed by atoms with Crippen molar-refractivity contribution in [3.63, 3.8) is 0 Å². The molecule has 0 aliphatic carbocycles. The predicted octanol–water partition coefficient (Wildman–Crippen LogP) is 3.37. The van der Waals surface area contributed by atoms with Gasteiger partial charge in [0.2, 0.25) is 0 Å². The predicted molar refractivity (Wildman–Crippen MR) is 122 cm³/mol. The quantitative estimate of drug-likeness (QED) is 0.671. The molecule has 7 heteroatoms. The largest absolute Gasteiger partial charge is 0.336 e. The highest BCUT2D eigenvalue weighted by atomic mass is 16.2. The Kier molecular flexibility index (Phi) is 5.29. The molecule has 1 amide bonds. The van der Waals surface area contributed by atoms with E-state index in [1.807, 2.05) is 24.0 Å². The minimum absolute atomic E-state index is 0.0130. The Hall–Kier alpha value is -3.06. The second-order valence-electron chi connectivity index (χ2n) is 9.63. The van der Waals surface area contributed by atoms with Crippen molar-refractivity contribution in [2.24, 2.45) is 5.41 Å². The van der Waals surface area contributed by atoms with Crippen LogP contribution < -0.4 is 0 Å². The summed E-state index contributed by atoms with van der Waals surface area (Å²) in [6, 6.07) is 14.4. The fourth-order valence-electron chi connectivity index (χ4n) is 5.15. The molecule has 7 nitrogen and oxygen atoms in total. The number of benzene rings is 1. The van der Waals surface area contributed by atoms with Crippen LogP contribution >= 0.6 is 0 Å². The van der Waals surface area contributed by atoms with Crippen LogP contribution in [0.15, 0.2) is 48.7 Å². The van der Waals surface area contributed by atoms with E-state index in [0.717, 1.165) is 49.9 Å². The van der Waals surface area contributed by atoms with Crippen molar-refractivity contribution in [3.8, 4) is 0 Å². The molecule has 0 radical (unpaired) electrons. The van der Waals surface area contributed by atoms with Crippen LogP contribution in [0.4, 0.5) is 0 Å². The zero-order valence-electron chi connectivity index (χ0n) is 19.0. The number of likely N-dealkylation sites (tertiary alicyclic amines) is 2. The lowest BCUT2D eigenvalue weighted by molar-refractivity contribution is 0.00130. The van der Waals surface area contributed by atoms with Gasteiger partial charge in [0, 0.05) is 56.2 Å². The molecule has 0 saturated carbocycles. The second kappa shape index (κ2) is 8.13. The molecule has 1 unspecified atom stereocenters. The van der Waals surface area contributed by atoms with E-state index in [2.05, 4.69) is 64.3 Å². The molecule has 2 aliphatic heterocycles. The van der Waals surface area contributed by atoms with Crippen molar-refractivity contribution in [2.75, 3.05) is 26.2 Å². The maximum absolute atomic E-state index is 13.1. The number of carbonyl (C=O) groups is 1. The molecule has 2 fully saturated rings. The molecular weight excluding hydrogens is 400 g/mol. The molecule has 2 aliphatic rings. The molecule has 166 valence electrons. The third-order valence-corrected chi connectivity index (χ3v) is 6.84. The maximum Gasteiger partial charge on any atom is 0.272 e. The summed E-state index contributed by atoms with van der Waals surface area (Å²) in [5.74, 6) is 2.33. The van der Waals surface area contributed by atoms with Gasteiger partial charge in [-0.05, 0) is 24.1 Å². The van der Waals surface area contributed by atoms with Gasteiger partial charge in [0.05, 0.1) is 0 Å². The topological polar surface area (TPSA) is 78.0 Å². The van der Waals surface area contributed by atoms with Crippen LogP contribution in [-0.4, -0.2) is 62.1 Å². The summed E-state index contributed by atoms with van der Waals surface area (Å²) in [6.07, 6.45) is 1.69. The standard InChI is InChI=1S/C25H30N6O/c1-17(2)22-27-23(29-28-22)20-13-30(12-19-9-5-4-6-10-19)14-25(20)15-31(16-25)24(32)21-18(3)8-7-11-26-21/h4-11,17,20H,12-16H2,1-3H3,(H,27,28,29). The number of aryl methyl sites for hydroxylation is 1. The van der Waals surface area contributed by atoms with E-state index < -0.39 is 0 Å². The number of nitrogens with zero attached hydrogens (tertiary/aromatic N) is 5. The minimum atomic E-state index is -0.0130. The van der Waals surface area contributed by atoms with E-state index in [-0.39, 0.29) is 23.2 Å². The number of aromatic nitrogens is 4. The number of pyridine rings is 1. The zero-order valence-corrected chi connectivity index (χ0v) is 19.0. The van der Waals surface area contributed by atoms with Crippen molar-refractivity contribution in [1.29, 1.82) is 0 Å². The van der Waals surface area contributed by atoms with Crippen LogP contribution in [0.25, 0.3) is 0 Å². The number of hydrogen-bond acceptors (Lipinski definition) is 5. The third kappa shape index (κ3) is 3.71. The molecule has 1 N–H and O–H groups in total. The van der Waals surface area contributed by atoms with Gasteiger partial charge in [0.15, 0.2) is 5.82 Å². The molecule has 1 spiro atoms. The first-order valence-electron chi connectivity index (χ1n) is 11.3. The highest BCUT2D eigenvalue weighted by Gasteiger charge is 2.57. The number of rotatable bonds is 5. The number of nitrogens with one attached hydrogen (secondary N) is 1. The fraction of sp³-hybridized carbons (Fsp3) is 0.440. The van der Waals surface area contributed by atoms with E-state index in [9.17, 15) is 4.79 Å². The second-order valence-corrected chi connectivity index (χ2v) is 9.63. The SMILES string of the molecule is Cc1cccnc1C(=O)N1CC2(CN(Cc3ccccc3)CC2c2nc(C(C)C)n[nH]2)C1. The molecule has 2 aromatic heterocycles. The first kappa shape index (κ1) is 20.8. The van der Waals surface area contributed by atoms with E-state index in [1.54, 1.807) is 6.20 Å². The van der Waals surface area contributed by atoms with Crippen LogP contribution in [0.1, 0.15) is 58.9 Å². The van der Waals surface area contributed by atoms with Crippen molar-refractivity contribution in [2.45, 2.75) is 39.2 Å². The number of H-pyrrole nitrogens is 1. The van der Waals surface area contributed by atoms with Crippen LogP contribution in [0.2, 0.25) is 0 Å². The van der Waals surface area contributed by atoms with Gasteiger partial charge in [0.1, 0.15) is 11.5 Å². The first-order chi connectivity index (χ1) is 15.4. The highest BCUT2D eigenvalue weighted by molar-refractivity contribution is 5.94. The molecule has 4 heterocycles. The zero-order chi connectivity index (χ0) is 22.3. The molecule has 3 aromatic rings. The van der Waals surface area contributed by atoms with Gasteiger partial charge in [-0.1, -0.05) is 50.2 Å². The van der Waals surface area contributed by atoms with Gasteiger partial charge < -0.3 is 4.90 Å². The minimum Gasteiger partial charge on any atom is -0.336 e. The lowest BCUT2D eigenvalue weighted by Gasteiger charge is -2.50. The summed E-state index contributed by atoms with van der Waals surface area (Å²) < 4.78 is 0. The summed E-state index contributed by atoms with van der Waals surface area (Å²) in [5, 5.41) is 7.68. The van der Waals surface area contributed by atoms with Crippen LogP contribution in [0.5, 0.6) is 0 Å². The summed E-state index contributed by atoms with van der Waals surface area (Å²) >= 11 is 0. The summed E-state index contributed by atoms with van der Waals surface area (Å²) in [4.78, 5) is 26.7. The molecule has 5 rings (SSSR count). The Balaban J connectivity index is 1.38. The van der Waals surface area contributed by atoms with Crippen LogP contribution in [0.3, 0.4) is 0 Å². The number of aromatic amines is 1. The Morgan fingerprint density at radius 1 is 1.16 bits per heavy atom. The lowest BCUT2D eigenvalue weighted by Crippen LogP contribution is -2.61. The maximum atomic E-state index is 13.1. The van der Waals surface area contributed by atoms with E-state index in [4.69, 9.17) is 4.98 Å². The Morgan fingerprint density at radius 2 is 1.94 bits per heavy atom. The number of carbonyl (C=O) groups excluding carboxylic acids is 1. The number of amides is 1. The molecule has 32 heavy (non-hydrogen) atoms. The van der Waals surface area contributed by atoms with Crippen LogP contribution in [-0.2, 0) is 6.54 Å². The fourth-order valence-corrected chi connectivity index (χ4v) is 5.15. The van der Waals surface area contributed by atoms with Gasteiger partial charge in [-0.15, -0.1) is 0 Å². The average molecular weight is 431 g/mol. The van der Waals surface area contributed by atoms with Crippen molar-refractivity contribution < 1.29 is 4.79 Å². The smallest absolute Gasteiger partial charge is 0.272 e. The van der Waals surface area contributed by atoms with Gasteiger partial charge in [-0.3, -0.25) is 19.8 Å². The average Bonchev–Trinajstić information content (AvgIpc) is 3.38. The van der Waals surface area contributed by atoms with E-state index in [0.29, 0.717) is 5.69 Å². The summed E-state index contributed by atoms with van der Waals surface area (Å²) in [7, 11) is 0. The van der Waals surface area contributed by atoms with Crippen LogP contribution in [0, 0.1) is 12.3 Å². The van der Waals surface area contributed by atoms with E-state index >= 15 is 0 Å². The Bertz CT molecular complexity index is 1100. The summed E-state index contributed by atoms with van der Waals surface area (Å²) in [6.45, 7) is 10.3. The van der Waals surface area contributed by atoms with Gasteiger partial charge in [-0.2, -0.15) is 5.10 Å². The Morgan fingerprint density at radius 3 is 2.62 bits per heavy atom. The molecule has 1 atom stereocenters. The molecule has 1 aromatic carbocycles. The van der Waals surface area contributed by atoms with Crippen molar-refractivity contribution >= 4 is 5.91 Å². The normalized spacial score (nSPS) is 20.1.